The first kappa shape index (κ1) is 21.7. The molecule has 156 valence electrons. The Morgan fingerprint density at radius 1 is 1.41 bits per heavy atom. The van der Waals surface area contributed by atoms with E-state index in [1.807, 2.05) is 32.2 Å². The lowest BCUT2D eigenvalue weighted by atomic mass is 10.00. The summed E-state index contributed by atoms with van der Waals surface area (Å²) in [4.78, 5) is 25.7. The number of amides is 1. The van der Waals surface area contributed by atoms with Gasteiger partial charge in [0.2, 0.25) is 5.88 Å². The van der Waals surface area contributed by atoms with E-state index in [0.717, 1.165) is 5.69 Å². The standard InChI is InChI=1S/C21H27BrN4O3/c1-14-10-26(15(2)13-27)21(28)18-8-16(22)9-24-20(18)29-19(14)12-25(3)11-17-6-4-5-7-23-17/h4-9,14-15,19,27H,10-13H2,1-3H3/t14-,15-,19-/m1/s1. The fraction of sp³-hybridized carbons (Fsp3) is 0.476. The van der Waals surface area contributed by atoms with Crippen LogP contribution in [0.3, 0.4) is 0 Å². The molecule has 0 spiro atoms. The molecule has 0 saturated heterocycles. The predicted molar refractivity (Wildman–Crippen MR) is 114 cm³/mol. The van der Waals surface area contributed by atoms with Gasteiger partial charge >= 0.3 is 0 Å². The Bertz CT molecular complexity index is 836. The van der Waals surface area contributed by atoms with E-state index in [4.69, 9.17) is 4.74 Å². The van der Waals surface area contributed by atoms with Gasteiger partial charge in [-0.1, -0.05) is 13.0 Å². The molecule has 7 nitrogen and oxygen atoms in total. The quantitative estimate of drug-likeness (QED) is 0.710. The van der Waals surface area contributed by atoms with E-state index < -0.39 is 0 Å². The normalized spacial score (nSPS) is 20.6. The molecule has 0 aliphatic carbocycles. The van der Waals surface area contributed by atoms with Crippen LogP contribution in [0, 0.1) is 5.92 Å². The third-order valence-corrected chi connectivity index (χ3v) is 5.57. The first-order valence-corrected chi connectivity index (χ1v) is 10.5. The largest absolute Gasteiger partial charge is 0.472 e. The minimum Gasteiger partial charge on any atom is -0.472 e. The third-order valence-electron chi connectivity index (χ3n) is 5.14. The number of aromatic nitrogens is 2. The highest BCUT2D eigenvalue weighted by Gasteiger charge is 2.34. The first-order chi connectivity index (χ1) is 13.9. The molecule has 2 aromatic rings. The number of nitrogens with zero attached hydrogens (tertiary/aromatic N) is 4. The summed E-state index contributed by atoms with van der Waals surface area (Å²) in [7, 11) is 2.03. The number of pyridine rings is 2. The van der Waals surface area contributed by atoms with Crippen LogP contribution in [-0.4, -0.2) is 69.7 Å². The Kier molecular flexibility index (Phi) is 7.21. The van der Waals surface area contributed by atoms with Crippen molar-refractivity contribution in [1.82, 2.24) is 19.8 Å². The van der Waals surface area contributed by atoms with E-state index in [-0.39, 0.29) is 30.6 Å². The number of hydrogen-bond acceptors (Lipinski definition) is 6. The SMILES string of the molecule is C[C@@H]1CN([C@H](C)CO)C(=O)c2cc(Br)cnc2O[C@@H]1CN(C)Cc1ccccn1. The van der Waals surface area contributed by atoms with Crippen LogP contribution in [0.15, 0.2) is 41.1 Å². The number of rotatable bonds is 6. The van der Waals surface area contributed by atoms with Crippen LogP contribution in [-0.2, 0) is 6.54 Å². The molecule has 3 atom stereocenters. The van der Waals surface area contributed by atoms with Gasteiger partial charge in [0.15, 0.2) is 0 Å². The van der Waals surface area contributed by atoms with Gasteiger partial charge in [0.05, 0.1) is 18.3 Å². The molecule has 2 aromatic heterocycles. The molecule has 0 aromatic carbocycles. The summed E-state index contributed by atoms with van der Waals surface area (Å²) in [5.74, 6) is 0.205. The zero-order chi connectivity index (χ0) is 21.0. The number of hydrogen-bond donors (Lipinski definition) is 1. The molecular weight excluding hydrogens is 436 g/mol. The molecule has 0 saturated carbocycles. The highest BCUT2D eigenvalue weighted by Crippen LogP contribution is 2.28. The minimum atomic E-state index is -0.290. The van der Waals surface area contributed by atoms with E-state index in [1.54, 1.807) is 23.4 Å². The van der Waals surface area contributed by atoms with Crippen molar-refractivity contribution in [3.63, 3.8) is 0 Å². The van der Waals surface area contributed by atoms with E-state index in [0.29, 0.717) is 35.6 Å². The van der Waals surface area contributed by atoms with Crippen LogP contribution in [0.2, 0.25) is 0 Å². The fourth-order valence-electron chi connectivity index (χ4n) is 3.43. The van der Waals surface area contributed by atoms with E-state index in [1.165, 1.54) is 0 Å². The molecule has 1 amide bonds. The number of carbonyl (C=O) groups is 1. The molecule has 0 radical (unpaired) electrons. The maximum Gasteiger partial charge on any atom is 0.259 e. The van der Waals surface area contributed by atoms with Crippen LogP contribution >= 0.6 is 15.9 Å². The molecule has 1 N–H and O–H groups in total. The summed E-state index contributed by atoms with van der Waals surface area (Å²) in [6, 6.07) is 7.31. The summed E-state index contributed by atoms with van der Waals surface area (Å²) in [5.41, 5.74) is 1.39. The number of aliphatic hydroxyl groups excluding tert-OH is 1. The summed E-state index contributed by atoms with van der Waals surface area (Å²) in [6.07, 6.45) is 3.25. The van der Waals surface area contributed by atoms with Crippen LogP contribution in [0.1, 0.15) is 29.9 Å². The molecule has 29 heavy (non-hydrogen) atoms. The fourth-order valence-corrected chi connectivity index (χ4v) is 3.77. The highest BCUT2D eigenvalue weighted by molar-refractivity contribution is 9.10. The van der Waals surface area contributed by atoms with E-state index >= 15 is 0 Å². The third kappa shape index (κ3) is 5.32. The van der Waals surface area contributed by atoms with Gasteiger partial charge < -0.3 is 14.7 Å². The predicted octanol–water partition coefficient (Wildman–Crippen LogP) is 2.59. The molecule has 1 aliphatic rings. The number of carbonyl (C=O) groups excluding carboxylic acids is 1. The van der Waals surface area contributed by atoms with Gasteiger partial charge in [-0.15, -0.1) is 0 Å². The maximum absolute atomic E-state index is 13.1. The van der Waals surface area contributed by atoms with Gasteiger partial charge in [0.25, 0.3) is 5.91 Å². The number of likely N-dealkylation sites (N-methyl/N-ethyl adjacent to an activating group) is 1. The van der Waals surface area contributed by atoms with Crippen molar-refractivity contribution < 1.29 is 14.6 Å². The van der Waals surface area contributed by atoms with Crippen molar-refractivity contribution >= 4 is 21.8 Å². The van der Waals surface area contributed by atoms with Crippen LogP contribution in [0.5, 0.6) is 5.88 Å². The number of halogens is 1. The summed E-state index contributed by atoms with van der Waals surface area (Å²) < 4.78 is 6.95. The Morgan fingerprint density at radius 3 is 2.90 bits per heavy atom. The molecule has 0 bridgehead atoms. The van der Waals surface area contributed by atoms with Gasteiger partial charge in [0.1, 0.15) is 11.7 Å². The number of ether oxygens (including phenoxy) is 1. The average molecular weight is 463 g/mol. The van der Waals surface area contributed by atoms with Crippen LogP contribution in [0.4, 0.5) is 0 Å². The molecule has 0 fully saturated rings. The topological polar surface area (TPSA) is 78.8 Å². The molecule has 0 unspecified atom stereocenters. The van der Waals surface area contributed by atoms with Gasteiger partial charge in [-0.25, -0.2) is 4.98 Å². The van der Waals surface area contributed by atoms with Crippen LogP contribution < -0.4 is 4.74 Å². The van der Waals surface area contributed by atoms with Gasteiger partial charge in [0, 0.05) is 42.4 Å². The van der Waals surface area contributed by atoms with Crippen molar-refractivity contribution in [1.29, 1.82) is 0 Å². The second kappa shape index (κ2) is 9.65. The Labute approximate surface area is 179 Å². The monoisotopic (exact) mass is 462 g/mol. The number of aliphatic hydroxyl groups is 1. The lowest BCUT2D eigenvalue weighted by Crippen LogP contribution is -2.49. The smallest absolute Gasteiger partial charge is 0.259 e. The lowest BCUT2D eigenvalue weighted by Gasteiger charge is -2.37. The number of fused-ring (bicyclic) bond motifs is 1. The second-order valence-corrected chi connectivity index (χ2v) is 8.56. The van der Waals surface area contributed by atoms with Crippen molar-refractivity contribution in [2.24, 2.45) is 5.92 Å². The van der Waals surface area contributed by atoms with Crippen molar-refractivity contribution in [3.05, 3.63) is 52.4 Å². The molecule has 8 heteroatoms. The Morgan fingerprint density at radius 2 is 2.21 bits per heavy atom. The van der Waals surface area contributed by atoms with Gasteiger partial charge in [-0.3, -0.25) is 14.7 Å². The van der Waals surface area contributed by atoms with Crippen LogP contribution in [0.25, 0.3) is 0 Å². The molecule has 3 heterocycles. The molecule has 1 aliphatic heterocycles. The summed E-state index contributed by atoms with van der Waals surface area (Å²) >= 11 is 3.39. The van der Waals surface area contributed by atoms with E-state index in [2.05, 4.69) is 37.7 Å². The van der Waals surface area contributed by atoms with Crippen molar-refractivity contribution in [2.75, 3.05) is 26.7 Å². The van der Waals surface area contributed by atoms with Gasteiger partial charge in [-0.2, -0.15) is 0 Å². The molecule has 3 rings (SSSR count). The second-order valence-electron chi connectivity index (χ2n) is 7.65. The summed E-state index contributed by atoms with van der Waals surface area (Å²) in [5, 5.41) is 9.67. The maximum atomic E-state index is 13.1. The molecular formula is C21H27BrN4O3. The lowest BCUT2D eigenvalue weighted by molar-refractivity contribution is 0.0324. The van der Waals surface area contributed by atoms with Crippen molar-refractivity contribution in [2.45, 2.75) is 32.5 Å². The Balaban J connectivity index is 1.85. The minimum absolute atomic E-state index is 0.0535. The zero-order valence-electron chi connectivity index (χ0n) is 17.0. The van der Waals surface area contributed by atoms with Gasteiger partial charge in [-0.05, 0) is 48.1 Å². The highest BCUT2D eigenvalue weighted by atomic mass is 79.9. The average Bonchev–Trinajstić information content (AvgIpc) is 2.71. The Hall–Kier alpha value is -2.03. The van der Waals surface area contributed by atoms with E-state index in [9.17, 15) is 9.90 Å². The summed E-state index contributed by atoms with van der Waals surface area (Å²) in [6.45, 7) is 5.66. The first-order valence-electron chi connectivity index (χ1n) is 9.71. The zero-order valence-corrected chi connectivity index (χ0v) is 18.5. The van der Waals surface area contributed by atoms with Crippen molar-refractivity contribution in [3.8, 4) is 5.88 Å².